The Morgan fingerprint density at radius 3 is 2.62 bits per heavy atom. The highest BCUT2D eigenvalue weighted by molar-refractivity contribution is 6.35. The highest BCUT2D eigenvalue weighted by atomic mass is 35.5. The monoisotopic (exact) mass is 323 g/mol. The minimum absolute atomic E-state index is 0.188. The molecule has 0 saturated heterocycles. The fourth-order valence-corrected chi connectivity index (χ4v) is 2.55. The Bertz CT molecular complexity index is 658. The van der Waals surface area contributed by atoms with E-state index in [9.17, 15) is 4.79 Å². The van der Waals surface area contributed by atoms with Gasteiger partial charge in [-0.2, -0.15) is 0 Å². The van der Waals surface area contributed by atoms with E-state index in [1.807, 2.05) is 6.92 Å². The summed E-state index contributed by atoms with van der Waals surface area (Å²) < 4.78 is 5.11. The van der Waals surface area contributed by atoms with Crippen LogP contribution >= 0.6 is 23.2 Å². The lowest BCUT2D eigenvalue weighted by atomic mass is 10.1. The van der Waals surface area contributed by atoms with Crippen LogP contribution in [0.1, 0.15) is 28.9 Å². The molecule has 0 radical (unpaired) electrons. The molecule has 2 rings (SSSR count). The fourth-order valence-electron chi connectivity index (χ4n) is 1.97. The molecule has 1 amide bonds. The van der Waals surface area contributed by atoms with E-state index in [1.54, 1.807) is 49.6 Å². The van der Waals surface area contributed by atoms with Gasteiger partial charge in [0.2, 0.25) is 0 Å². The van der Waals surface area contributed by atoms with E-state index in [0.717, 1.165) is 5.56 Å². The van der Waals surface area contributed by atoms with Crippen LogP contribution in [0.5, 0.6) is 5.75 Å². The Hall–Kier alpha value is -1.71. The quantitative estimate of drug-likeness (QED) is 0.900. The maximum absolute atomic E-state index is 12.2. The highest BCUT2D eigenvalue weighted by Crippen LogP contribution is 2.26. The second-order valence-electron chi connectivity index (χ2n) is 4.59. The summed E-state index contributed by atoms with van der Waals surface area (Å²) in [6, 6.07) is 12.0. The molecule has 1 N–H and O–H groups in total. The molecule has 1 atom stereocenters. The Balaban J connectivity index is 2.14. The molecule has 110 valence electrons. The van der Waals surface area contributed by atoms with Gasteiger partial charge in [0.25, 0.3) is 5.91 Å². The normalized spacial score (nSPS) is 11.8. The van der Waals surface area contributed by atoms with Crippen molar-refractivity contribution in [3.05, 3.63) is 63.6 Å². The van der Waals surface area contributed by atoms with Crippen LogP contribution in [0.15, 0.2) is 42.5 Å². The van der Waals surface area contributed by atoms with Crippen LogP contribution in [0.2, 0.25) is 10.0 Å². The lowest BCUT2D eigenvalue weighted by molar-refractivity contribution is 0.0939. The zero-order valence-electron chi connectivity index (χ0n) is 11.7. The van der Waals surface area contributed by atoms with E-state index >= 15 is 0 Å². The van der Waals surface area contributed by atoms with Gasteiger partial charge in [-0.15, -0.1) is 0 Å². The summed E-state index contributed by atoms with van der Waals surface area (Å²) in [5.74, 6) is 0.451. The first-order valence-corrected chi connectivity index (χ1v) is 7.16. The first kappa shape index (κ1) is 15.7. The Morgan fingerprint density at radius 2 is 1.95 bits per heavy atom. The molecule has 0 aliphatic heterocycles. The SMILES string of the molecule is COc1cccc(C(=O)NC(C)c2ccc(Cl)cc2Cl)c1. The van der Waals surface area contributed by atoms with Gasteiger partial charge in [-0.1, -0.05) is 35.3 Å². The number of rotatable bonds is 4. The molecule has 0 spiro atoms. The van der Waals surface area contributed by atoms with Crippen molar-refractivity contribution in [2.45, 2.75) is 13.0 Å². The van der Waals surface area contributed by atoms with Gasteiger partial charge in [-0.3, -0.25) is 4.79 Å². The number of methoxy groups -OCH3 is 1. The third-order valence-electron chi connectivity index (χ3n) is 3.11. The van der Waals surface area contributed by atoms with Crippen molar-refractivity contribution >= 4 is 29.1 Å². The average molecular weight is 324 g/mol. The van der Waals surface area contributed by atoms with Crippen molar-refractivity contribution in [1.29, 1.82) is 0 Å². The lowest BCUT2D eigenvalue weighted by Crippen LogP contribution is -2.26. The topological polar surface area (TPSA) is 38.3 Å². The van der Waals surface area contributed by atoms with Crippen molar-refractivity contribution in [3.63, 3.8) is 0 Å². The second-order valence-corrected chi connectivity index (χ2v) is 5.44. The van der Waals surface area contributed by atoms with E-state index in [4.69, 9.17) is 27.9 Å². The van der Waals surface area contributed by atoms with Crippen LogP contribution in [0.25, 0.3) is 0 Å². The molecular formula is C16H15Cl2NO2. The number of carbonyl (C=O) groups excluding carboxylic acids is 1. The Morgan fingerprint density at radius 1 is 1.19 bits per heavy atom. The molecule has 0 aromatic heterocycles. The maximum Gasteiger partial charge on any atom is 0.251 e. The smallest absolute Gasteiger partial charge is 0.251 e. The van der Waals surface area contributed by atoms with E-state index in [2.05, 4.69) is 5.32 Å². The molecule has 1 unspecified atom stereocenters. The summed E-state index contributed by atoms with van der Waals surface area (Å²) in [5.41, 5.74) is 1.35. The zero-order chi connectivity index (χ0) is 15.4. The first-order chi connectivity index (χ1) is 10.0. The van der Waals surface area contributed by atoms with Crippen molar-refractivity contribution in [3.8, 4) is 5.75 Å². The van der Waals surface area contributed by atoms with Gasteiger partial charge in [0, 0.05) is 15.6 Å². The predicted molar refractivity (Wildman–Crippen MR) is 85.3 cm³/mol. The highest BCUT2D eigenvalue weighted by Gasteiger charge is 2.14. The summed E-state index contributed by atoms with van der Waals surface area (Å²) in [7, 11) is 1.56. The maximum atomic E-state index is 12.2. The number of amides is 1. The first-order valence-electron chi connectivity index (χ1n) is 6.41. The van der Waals surface area contributed by atoms with Crippen molar-refractivity contribution in [2.75, 3.05) is 7.11 Å². The summed E-state index contributed by atoms with van der Waals surface area (Å²) in [6.45, 7) is 1.87. The van der Waals surface area contributed by atoms with Gasteiger partial charge in [-0.05, 0) is 42.8 Å². The number of halogens is 2. The van der Waals surface area contributed by atoms with Gasteiger partial charge in [-0.25, -0.2) is 0 Å². The van der Waals surface area contributed by atoms with Crippen molar-refractivity contribution in [1.82, 2.24) is 5.32 Å². The lowest BCUT2D eigenvalue weighted by Gasteiger charge is -2.16. The summed E-state index contributed by atoms with van der Waals surface area (Å²) in [4.78, 5) is 12.2. The van der Waals surface area contributed by atoms with Crippen molar-refractivity contribution < 1.29 is 9.53 Å². The predicted octanol–water partition coefficient (Wildman–Crippen LogP) is 4.49. The number of nitrogens with one attached hydrogen (secondary N) is 1. The third-order valence-corrected chi connectivity index (χ3v) is 3.67. The third kappa shape index (κ3) is 3.90. The van der Waals surface area contributed by atoms with E-state index < -0.39 is 0 Å². The van der Waals surface area contributed by atoms with E-state index in [-0.39, 0.29) is 11.9 Å². The summed E-state index contributed by atoms with van der Waals surface area (Å²) in [6.07, 6.45) is 0. The number of hydrogen-bond acceptors (Lipinski definition) is 2. The molecule has 2 aromatic carbocycles. The molecule has 3 nitrogen and oxygen atoms in total. The number of carbonyl (C=O) groups is 1. The van der Waals surface area contributed by atoms with Crippen LogP contribution in [-0.4, -0.2) is 13.0 Å². The Kier molecular flexibility index (Phi) is 5.10. The molecule has 5 heteroatoms. The molecule has 2 aromatic rings. The molecule has 0 aliphatic carbocycles. The number of benzene rings is 2. The molecule has 0 fully saturated rings. The second kappa shape index (κ2) is 6.83. The molecule has 21 heavy (non-hydrogen) atoms. The fraction of sp³-hybridized carbons (Fsp3) is 0.188. The molecule has 0 saturated carbocycles. The van der Waals surface area contributed by atoms with Gasteiger partial charge < -0.3 is 10.1 Å². The van der Waals surface area contributed by atoms with Crippen LogP contribution in [-0.2, 0) is 0 Å². The Labute approximate surface area is 133 Å². The largest absolute Gasteiger partial charge is 0.497 e. The number of ether oxygens (including phenoxy) is 1. The minimum Gasteiger partial charge on any atom is -0.497 e. The summed E-state index contributed by atoms with van der Waals surface area (Å²) in [5, 5.41) is 4.00. The average Bonchev–Trinajstić information content (AvgIpc) is 2.47. The molecule has 0 bridgehead atoms. The number of hydrogen-bond donors (Lipinski definition) is 1. The van der Waals surface area contributed by atoms with E-state index in [0.29, 0.717) is 21.4 Å². The minimum atomic E-state index is -0.228. The van der Waals surface area contributed by atoms with Crippen molar-refractivity contribution in [2.24, 2.45) is 0 Å². The zero-order valence-corrected chi connectivity index (χ0v) is 13.2. The molecule has 0 heterocycles. The van der Waals surface area contributed by atoms with Crippen LogP contribution < -0.4 is 10.1 Å². The summed E-state index contributed by atoms with van der Waals surface area (Å²) >= 11 is 12.0. The van der Waals surface area contributed by atoms with Gasteiger partial charge >= 0.3 is 0 Å². The van der Waals surface area contributed by atoms with Crippen LogP contribution in [0.4, 0.5) is 0 Å². The van der Waals surface area contributed by atoms with Gasteiger partial charge in [0.05, 0.1) is 13.2 Å². The van der Waals surface area contributed by atoms with Crippen LogP contribution in [0, 0.1) is 0 Å². The van der Waals surface area contributed by atoms with Crippen LogP contribution in [0.3, 0.4) is 0 Å². The van der Waals surface area contributed by atoms with E-state index in [1.165, 1.54) is 0 Å². The standard InChI is InChI=1S/C16H15Cl2NO2/c1-10(14-7-6-12(17)9-15(14)18)19-16(20)11-4-3-5-13(8-11)21-2/h3-10H,1-2H3,(H,19,20). The molecule has 0 aliphatic rings. The molecular weight excluding hydrogens is 309 g/mol. The van der Waals surface area contributed by atoms with Gasteiger partial charge in [0.1, 0.15) is 5.75 Å². The van der Waals surface area contributed by atoms with Gasteiger partial charge in [0.15, 0.2) is 0 Å².